The van der Waals surface area contributed by atoms with E-state index in [-0.39, 0.29) is 65.6 Å². The van der Waals surface area contributed by atoms with Gasteiger partial charge in [-0.1, -0.05) is 46.4 Å². The maximum absolute atomic E-state index is 14.4. The summed E-state index contributed by atoms with van der Waals surface area (Å²) in [7, 11) is 0. The van der Waals surface area contributed by atoms with Gasteiger partial charge in [0, 0.05) is 37.3 Å². The summed E-state index contributed by atoms with van der Waals surface area (Å²) in [6.07, 6.45) is 3.53. The average Bonchev–Trinajstić information content (AvgIpc) is 3.37. The monoisotopic (exact) mass is 674 g/mol. The number of aromatic nitrogens is 4. The standard InChI is InChI=1S/C16H17Cl2FN2O2.C13H11Cl2FN2O2/c1-9(2)23-13-7-10(12(19)8-11(13)17)14-15(18)20-5-3-4-6-21(20)16(14)22;14-8-6-9(16)7(5-10(8)19)11-12(15)17-3-1-2-4-18(17)13(11)20/h7-9H,3-6H2,1-2H3;5-6,19H,1-4H2. The highest BCUT2D eigenvalue weighted by atomic mass is 35.5. The highest BCUT2D eigenvalue weighted by Gasteiger charge is 2.26. The lowest BCUT2D eigenvalue weighted by molar-refractivity contribution is 0.242. The van der Waals surface area contributed by atoms with Crippen molar-refractivity contribution in [1.82, 2.24) is 18.7 Å². The fraction of sp³-hybridized carbons (Fsp3) is 0.379. The molecule has 0 aliphatic carbocycles. The topological polar surface area (TPSA) is 83.3 Å². The van der Waals surface area contributed by atoms with E-state index in [4.69, 9.17) is 51.1 Å². The predicted octanol–water partition coefficient (Wildman–Crippen LogP) is 7.61. The van der Waals surface area contributed by atoms with Crippen LogP contribution in [0, 0.1) is 11.6 Å². The summed E-state index contributed by atoms with van der Waals surface area (Å²) >= 11 is 24.2. The van der Waals surface area contributed by atoms with Crippen molar-refractivity contribution < 1.29 is 18.6 Å². The van der Waals surface area contributed by atoms with E-state index in [0.717, 1.165) is 43.9 Å². The van der Waals surface area contributed by atoms with E-state index >= 15 is 0 Å². The molecule has 0 amide bonds. The number of hydrogen-bond acceptors (Lipinski definition) is 4. The molecule has 8 nitrogen and oxygen atoms in total. The zero-order valence-corrected chi connectivity index (χ0v) is 26.3. The average molecular weight is 676 g/mol. The Bertz CT molecular complexity index is 1830. The summed E-state index contributed by atoms with van der Waals surface area (Å²) in [5.74, 6) is -1.22. The number of phenols is 1. The van der Waals surface area contributed by atoms with Crippen LogP contribution in [0.4, 0.5) is 8.78 Å². The fourth-order valence-corrected chi connectivity index (χ4v) is 6.36. The molecule has 2 aromatic carbocycles. The maximum atomic E-state index is 14.4. The molecule has 1 N–H and O–H groups in total. The van der Waals surface area contributed by atoms with Crippen LogP contribution in [0.2, 0.25) is 20.4 Å². The molecular weight excluding hydrogens is 648 g/mol. The first-order valence-corrected chi connectivity index (χ1v) is 15.2. The molecule has 4 heterocycles. The molecule has 0 atom stereocenters. The van der Waals surface area contributed by atoms with Gasteiger partial charge in [0.05, 0.1) is 27.3 Å². The predicted molar refractivity (Wildman–Crippen MR) is 164 cm³/mol. The third-order valence-corrected chi connectivity index (χ3v) is 8.65. The van der Waals surface area contributed by atoms with Crippen LogP contribution in [-0.2, 0) is 26.2 Å². The van der Waals surface area contributed by atoms with E-state index in [9.17, 15) is 23.5 Å². The molecule has 4 aromatic rings. The Morgan fingerprint density at radius 2 is 1.12 bits per heavy atom. The fourth-order valence-electron chi connectivity index (χ4n) is 5.30. The third-order valence-electron chi connectivity index (χ3n) is 7.28. The molecule has 0 spiro atoms. The van der Waals surface area contributed by atoms with Gasteiger partial charge in [-0.05, 0) is 63.8 Å². The molecular formula is C29H28Cl4F2N4O4. The summed E-state index contributed by atoms with van der Waals surface area (Å²) in [5, 5.41) is 10.1. The molecule has 43 heavy (non-hydrogen) atoms. The summed E-state index contributed by atoms with van der Waals surface area (Å²) in [6, 6.07) is 4.72. The van der Waals surface area contributed by atoms with Crippen molar-refractivity contribution in [3.8, 4) is 33.8 Å². The van der Waals surface area contributed by atoms with Crippen LogP contribution in [-0.4, -0.2) is 29.9 Å². The van der Waals surface area contributed by atoms with Gasteiger partial charge in [0.25, 0.3) is 11.1 Å². The van der Waals surface area contributed by atoms with Crippen LogP contribution < -0.4 is 15.9 Å². The Morgan fingerprint density at radius 3 is 1.56 bits per heavy atom. The van der Waals surface area contributed by atoms with Crippen LogP contribution >= 0.6 is 46.4 Å². The van der Waals surface area contributed by atoms with Gasteiger partial charge in [0.2, 0.25) is 0 Å². The molecule has 0 unspecified atom stereocenters. The molecule has 0 bridgehead atoms. The Hall–Kier alpha value is -2.92. The number of aromatic hydroxyl groups is 1. The van der Waals surface area contributed by atoms with Gasteiger partial charge in [0.1, 0.15) is 33.4 Å². The lowest BCUT2D eigenvalue weighted by Crippen LogP contribution is -2.27. The number of benzene rings is 2. The van der Waals surface area contributed by atoms with Crippen LogP contribution in [0.25, 0.3) is 22.3 Å². The molecule has 0 radical (unpaired) electrons. The number of phenolic OH excluding ortho intramolecular Hbond substituents is 1. The first-order valence-electron chi connectivity index (χ1n) is 13.7. The second-order valence-corrected chi connectivity index (χ2v) is 12.1. The summed E-state index contributed by atoms with van der Waals surface area (Å²) in [6.45, 7) is 6.10. The lowest BCUT2D eigenvalue weighted by Gasteiger charge is -2.17. The number of rotatable bonds is 4. The molecule has 14 heteroatoms. The highest BCUT2D eigenvalue weighted by molar-refractivity contribution is 6.34. The van der Waals surface area contributed by atoms with Gasteiger partial charge in [-0.25, -0.2) is 18.1 Å². The van der Waals surface area contributed by atoms with Crippen LogP contribution in [0.15, 0.2) is 33.9 Å². The quantitative estimate of drug-likeness (QED) is 0.241. The normalized spacial score (nSPS) is 14.3. The van der Waals surface area contributed by atoms with Gasteiger partial charge < -0.3 is 9.84 Å². The zero-order chi connectivity index (χ0) is 31.2. The smallest absolute Gasteiger partial charge is 0.276 e. The van der Waals surface area contributed by atoms with E-state index in [2.05, 4.69) is 0 Å². The van der Waals surface area contributed by atoms with E-state index < -0.39 is 11.6 Å². The van der Waals surface area contributed by atoms with E-state index in [1.807, 2.05) is 13.8 Å². The summed E-state index contributed by atoms with van der Waals surface area (Å²) in [4.78, 5) is 25.0. The summed E-state index contributed by atoms with van der Waals surface area (Å²) in [5.41, 5.74) is -0.318. The van der Waals surface area contributed by atoms with E-state index in [0.29, 0.717) is 31.9 Å². The van der Waals surface area contributed by atoms with Crippen molar-refractivity contribution in [3.63, 3.8) is 0 Å². The third kappa shape index (κ3) is 5.94. The van der Waals surface area contributed by atoms with Crippen LogP contribution in [0.5, 0.6) is 11.5 Å². The molecule has 0 saturated heterocycles. The summed E-state index contributed by atoms with van der Waals surface area (Å²) < 4.78 is 40.5. The molecule has 6 rings (SSSR count). The SMILES string of the molecule is CC(C)Oc1cc(-c2c(Cl)n3n(c2=O)CCCC3)c(F)cc1Cl.O=c1c(-c2cc(O)c(Cl)cc2F)c(Cl)n2n1CCCC2. The molecule has 230 valence electrons. The molecule has 2 aromatic heterocycles. The molecule has 0 saturated carbocycles. The van der Waals surface area contributed by atoms with Crippen molar-refractivity contribution in [2.75, 3.05) is 0 Å². The maximum Gasteiger partial charge on any atom is 0.276 e. The minimum absolute atomic E-state index is 0.0312. The number of halogens is 6. The Kier molecular flexibility index (Phi) is 9.23. The van der Waals surface area contributed by atoms with Gasteiger partial charge in [0.15, 0.2) is 0 Å². The van der Waals surface area contributed by atoms with E-state index in [1.54, 1.807) is 14.0 Å². The largest absolute Gasteiger partial charge is 0.506 e. The number of nitrogens with zero attached hydrogens (tertiary/aromatic N) is 4. The van der Waals surface area contributed by atoms with Crippen molar-refractivity contribution in [3.05, 3.63) is 77.0 Å². The zero-order valence-electron chi connectivity index (χ0n) is 23.3. The van der Waals surface area contributed by atoms with Gasteiger partial charge in [-0.3, -0.25) is 19.0 Å². The van der Waals surface area contributed by atoms with Crippen LogP contribution in [0.1, 0.15) is 39.5 Å². The van der Waals surface area contributed by atoms with Crippen molar-refractivity contribution >= 4 is 46.4 Å². The van der Waals surface area contributed by atoms with E-state index in [1.165, 1.54) is 10.7 Å². The first kappa shape index (κ1) is 31.5. The molecule has 0 fully saturated rings. The van der Waals surface area contributed by atoms with Gasteiger partial charge >= 0.3 is 0 Å². The Labute approximate surface area is 265 Å². The number of ether oxygens (including phenoxy) is 1. The number of hydrogen-bond donors (Lipinski definition) is 1. The second-order valence-electron chi connectivity index (χ2n) is 10.6. The minimum Gasteiger partial charge on any atom is -0.506 e. The van der Waals surface area contributed by atoms with Crippen molar-refractivity contribution in [2.24, 2.45) is 0 Å². The van der Waals surface area contributed by atoms with Crippen molar-refractivity contribution in [1.29, 1.82) is 0 Å². The Morgan fingerprint density at radius 1 is 0.698 bits per heavy atom. The first-order chi connectivity index (χ1) is 20.4. The minimum atomic E-state index is -0.685. The molecule has 2 aliphatic rings. The number of fused-ring (bicyclic) bond motifs is 2. The molecule has 2 aliphatic heterocycles. The van der Waals surface area contributed by atoms with Gasteiger partial charge in [-0.15, -0.1) is 0 Å². The second kappa shape index (κ2) is 12.6. The van der Waals surface area contributed by atoms with Gasteiger partial charge in [-0.2, -0.15) is 0 Å². The van der Waals surface area contributed by atoms with Crippen LogP contribution in [0.3, 0.4) is 0 Å². The lowest BCUT2D eigenvalue weighted by atomic mass is 10.1. The highest BCUT2D eigenvalue weighted by Crippen LogP contribution is 2.37. The van der Waals surface area contributed by atoms with Crippen molar-refractivity contribution in [2.45, 2.75) is 71.8 Å². The Balaban J connectivity index is 0.000000173.